The van der Waals surface area contributed by atoms with Crippen LogP contribution in [0.5, 0.6) is 0 Å². The highest BCUT2D eigenvalue weighted by Crippen LogP contribution is 2.17. The molecule has 5 nitrogen and oxygen atoms in total. The Kier molecular flexibility index (Phi) is 2.96. The van der Waals surface area contributed by atoms with Gasteiger partial charge in [0.2, 0.25) is 0 Å². The lowest BCUT2D eigenvalue weighted by Gasteiger charge is -2.02. The first-order chi connectivity index (χ1) is 10.0. The minimum atomic E-state index is -0.934. The molecule has 21 heavy (non-hydrogen) atoms. The van der Waals surface area contributed by atoms with Crippen LogP contribution in [0.1, 0.15) is 5.56 Å². The van der Waals surface area contributed by atoms with Gasteiger partial charge in [-0.3, -0.25) is 0 Å². The monoisotopic (exact) mass is 306 g/mol. The van der Waals surface area contributed by atoms with Gasteiger partial charge in [0.05, 0.1) is 10.6 Å². The molecule has 2 heterocycles. The summed E-state index contributed by atoms with van der Waals surface area (Å²) in [5, 5.41) is 12.8. The molecule has 0 atom stereocenters. The molecule has 0 bridgehead atoms. The first-order valence-corrected chi connectivity index (χ1v) is 6.05. The van der Waals surface area contributed by atoms with Gasteiger partial charge in [0.1, 0.15) is 17.6 Å². The zero-order chi connectivity index (χ0) is 15.1. The molecule has 0 unspecified atom stereocenters. The van der Waals surface area contributed by atoms with Crippen LogP contribution in [0.25, 0.3) is 11.3 Å². The number of fused-ring (bicyclic) bond motifs is 1. The SMILES string of the molecule is N#Cc1cc(F)c(-n2nc3ccc(Cl)cn3c2=O)cc1F. The summed E-state index contributed by atoms with van der Waals surface area (Å²) < 4.78 is 29.4. The Labute approximate surface area is 121 Å². The van der Waals surface area contributed by atoms with E-state index in [2.05, 4.69) is 5.10 Å². The van der Waals surface area contributed by atoms with Gasteiger partial charge in [-0.1, -0.05) is 11.6 Å². The predicted octanol–water partition coefficient (Wildman–Crippen LogP) is 2.29. The lowest BCUT2D eigenvalue weighted by molar-refractivity contribution is 0.582. The van der Waals surface area contributed by atoms with Crippen LogP contribution in [-0.2, 0) is 0 Å². The van der Waals surface area contributed by atoms with Gasteiger partial charge in [-0.25, -0.2) is 18.0 Å². The number of pyridine rings is 1. The summed E-state index contributed by atoms with van der Waals surface area (Å²) in [5.41, 5.74) is -1.29. The number of nitriles is 1. The molecule has 8 heteroatoms. The van der Waals surface area contributed by atoms with Crippen molar-refractivity contribution in [1.82, 2.24) is 14.2 Å². The van der Waals surface area contributed by atoms with Gasteiger partial charge >= 0.3 is 5.69 Å². The van der Waals surface area contributed by atoms with E-state index in [-0.39, 0.29) is 11.3 Å². The second-order valence-corrected chi connectivity index (χ2v) is 4.60. The maximum absolute atomic E-state index is 13.9. The highest BCUT2D eigenvalue weighted by molar-refractivity contribution is 6.30. The van der Waals surface area contributed by atoms with Gasteiger partial charge in [0.15, 0.2) is 11.5 Å². The summed E-state index contributed by atoms with van der Waals surface area (Å²) in [6.45, 7) is 0. The third kappa shape index (κ3) is 2.06. The molecule has 104 valence electrons. The number of hydrogen-bond acceptors (Lipinski definition) is 3. The van der Waals surface area contributed by atoms with Crippen molar-refractivity contribution in [3.8, 4) is 11.8 Å². The van der Waals surface area contributed by atoms with Crippen molar-refractivity contribution in [3.63, 3.8) is 0 Å². The average Bonchev–Trinajstić information content (AvgIpc) is 2.78. The molecular formula is C13H5ClF2N4O. The van der Waals surface area contributed by atoms with Gasteiger partial charge in [-0.2, -0.15) is 9.94 Å². The van der Waals surface area contributed by atoms with E-state index in [1.807, 2.05) is 0 Å². The van der Waals surface area contributed by atoms with E-state index < -0.39 is 22.9 Å². The van der Waals surface area contributed by atoms with Crippen LogP contribution >= 0.6 is 11.6 Å². The Morgan fingerprint density at radius 2 is 2.00 bits per heavy atom. The molecule has 0 aliphatic carbocycles. The lowest BCUT2D eigenvalue weighted by atomic mass is 10.2. The fourth-order valence-corrected chi connectivity index (χ4v) is 2.05. The van der Waals surface area contributed by atoms with E-state index in [1.165, 1.54) is 24.4 Å². The van der Waals surface area contributed by atoms with Crippen molar-refractivity contribution in [3.05, 3.63) is 63.2 Å². The largest absolute Gasteiger partial charge is 0.355 e. The fraction of sp³-hybridized carbons (Fsp3) is 0. The van der Waals surface area contributed by atoms with E-state index in [0.717, 1.165) is 10.5 Å². The summed E-state index contributed by atoms with van der Waals surface area (Å²) >= 11 is 5.78. The van der Waals surface area contributed by atoms with Gasteiger partial charge < -0.3 is 0 Å². The minimum absolute atomic E-state index is 0.230. The lowest BCUT2D eigenvalue weighted by Crippen LogP contribution is -2.20. The van der Waals surface area contributed by atoms with Crippen molar-refractivity contribution >= 4 is 17.2 Å². The third-order valence-electron chi connectivity index (χ3n) is 2.87. The number of nitrogens with zero attached hydrogens (tertiary/aromatic N) is 4. The van der Waals surface area contributed by atoms with E-state index >= 15 is 0 Å². The Hall–Kier alpha value is -2.72. The van der Waals surface area contributed by atoms with Gasteiger partial charge in [-0.15, -0.1) is 5.10 Å². The number of benzene rings is 1. The number of halogens is 3. The summed E-state index contributed by atoms with van der Waals surface area (Å²) in [5.74, 6) is -1.86. The minimum Gasteiger partial charge on any atom is -0.248 e. The molecule has 0 amide bonds. The molecule has 0 spiro atoms. The molecule has 2 aromatic heterocycles. The fourth-order valence-electron chi connectivity index (χ4n) is 1.89. The third-order valence-corrected chi connectivity index (χ3v) is 3.09. The normalized spacial score (nSPS) is 10.8. The topological polar surface area (TPSA) is 63.1 Å². The quantitative estimate of drug-likeness (QED) is 0.693. The Balaban J connectivity index is 2.31. The van der Waals surface area contributed by atoms with Crippen molar-refractivity contribution < 1.29 is 8.78 Å². The smallest absolute Gasteiger partial charge is 0.248 e. The van der Waals surface area contributed by atoms with Crippen LogP contribution in [-0.4, -0.2) is 14.2 Å². The molecule has 0 saturated heterocycles. The zero-order valence-electron chi connectivity index (χ0n) is 10.2. The summed E-state index contributed by atoms with van der Waals surface area (Å²) in [4.78, 5) is 12.1. The second-order valence-electron chi connectivity index (χ2n) is 4.17. The molecule has 0 aliphatic rings. The summed E-state index contributed by atoms with van der Waals surface area (Å²) in [7, 11) is 0. The first-order valence-electron chi connectivity index (χ1n) is 5.67. The number of rotatable bonds is 1. The van der Waals surface area contributed by atoms with Gasteiger partial charge in [0.25, 0.3) is 0 Å². The van der Waals surface area contributed by atoms with Crippen molar-refractivity contribution in [2.45, 2.75) is 0 Å². The zero-order valence-corrected chi connectivity index (χ0v) is 11.0. The van der Waals surface area contributed by atoms with Crippen molar-refractivity contribution in [2.24, 2.45) is 0 Å². The maximum Gasteiger partial charge on any atom is 0.355 e. The van der Waals surface area contributed by atoms with Crippen LogP contribution in [0.2, 0.25) is 5.02 Å². The van der Waals surface area contributed by atoms with Crippen molar-refractivity contribution in [2.75, 3.05) is 0 Å². The molecule has 0 aliphatic heterocycles. The molecule has 1 aromatic carbocycles. The van der Waals surface area contributed by atoms with Crippen LogP contribution < -0.4 is 5.69 Å². The molecule has 0 fully saturated rings. The van der Waals surface area contributed by atoms with E-state index in [1.54, 1.807) is 0 Å². The average molecular weight is 307 g/mol. The molecular weight excluding hydrogens is 302 g/mol. The Morgan fingerprint density at radius 3 is 2.71 bits per heavy atom. The van der Waals surface area contributed by atoms with Gasteiger partial charge in [-0.05, 0) is 18.2 Å². The standard InChI is InChI=1S/C13H5ClF2N4O/c14-8-1-2-12-18-20(13(21)19(12)6-8)11-4-9(15)7(5-17)3-10(11)16/h1-4,6H. The highest BCUT2D eigenvalue weighted by Gasteiger charge is 2.16. The van der Waals surface area contributed by atoms with Crippen LogP contribution in [0.3, 0.4) is 0 Å². The summed E-state index contributed by atoms with van der Waals surface area (Å²) in [6.07, 6.45) is 1.32. The van der Waals surface area contributed by atoms with E-state index in [9.17, 15) is 13.6 Å². The maximum atomic E-state index is 13.9. The van der Waals surface area contributed by atoms with Crippen molar-refractivity contribution in [1.29, 1.82) is 5.26 Å². The first kappa shape index (κ1) is 13.3. The number of aromatic nitrogens is 3. The number of hydrogen-bond donors (Lipinski definition) is 0. The van der Waals surface area contributed by atoms with Crippen LogP contribution in [0.15, 0.2) is 35.3 Å². The molecule has 3 aromatic rings. The highest BCUT2D eigenvalue weighted by atomic mass is 35.5. The summed E-state index contributed by atoms with van der Waals surface area (Å²) in [6, 6.07) is 5.98. The van der Waals surface area contributed by atoms with E-state index in [4.69, 9.17) is 16.9 Å². The van der Waals surface area contributed by atoms with Crippen LogP contribution in [0, 0.1) is 23.0 Å². The Morgan fingerprint density at radius 1 is 1.24 bits per heavy atom. The molecule has 0 N–H and O–H groups in total. The molecule has 0 saturated carbocycles. The van der Waals surface area contributed by atoms with E-state index in [0.29, 0.717) is 15.8 Å². The molecule has 3 rings (SSSR count). The Bertz CT molecular complexity index is 971. The predicted molar refractivity (Wildman–Crippen MR) is 70.4 cm³/mol. The second kappa shape index (κ2) is 4.68. The molecule has 0 radical (unpaired) electrons. The van der Waals surface area contributed by atoms with Crippen LogP contribution in [0.4, 0.5) is 8.78 Å². The van der Waals surface area contributed by atoms with Gasteiger partial charge in [0, 0.05) is 12.3 Å².